The number of alkyl halides is 1. The fourth-order valence-electron chi connectivity index (χ4n) is 1.66. The van der Waals surface area contributed by atoms with Gasteiger partial charge in [-0.1, -0.05) is 61.9 Å². The van der Waals surface area contributed by atoms with Crippen molar-refractivity contribution in [1.82, 2.24) is 4.90 Å². The van der Waals surface area contributed by atoms with Crippen molar-refractivity contribution < 1.29 is 0 Å². The molecule has 0 amide bonds. The Morgan fingerprint density at radius 2 is 1.50 bits per heavy atom. The van der Waals surface area contributed by atoms with Gasteiger partial charge in [0.15, 0.2) is 0 Å². The van der Waals surface area contributed by atoms with Crippen LogP contribution >= 0.6 is 15.9 Å². The molecule has 2 heteroatoms. The molecule has 0 aliphatic rings. The molecule has 0 bridgehead atoms. The monoisotopic (exact) mass is 263 g/mol. The van der Waals surface area contributed by atoms with Gasteiger partial charge in [0, 0.05) is 11.9 Å². The van der Waals surface area contributed by atoms with E-state index in [0.717, 1.165) is 5.33 Å². The Kier molecular flexibility index (Phi) is 11.9. The Bertz CT molecular complexity index is 106. The summed E-state index contributed by atoms with van der Waals surface area (Å²) < 4.78 is 0. The maximum absolute atomic E-state index is 3.49. The molecule has 0 fully saturated rings. The maximum Gasteiger partial charge on any atom is 0.0159 e. The molecule has 14 heavy (non-hydrogen) atoms. The number of rotatable bonds is 10. The molecule has 0 saturated carbocycles. The molecule has 0 heterocycles. The van der Waals surface area contributed by atoms with Gasteiger partial charge in [-0.2, -0.15) is 0 Å². The summed E-state index contributed by atoms with van der Waals surface area (Å²) in [4.78, 5) is 2.52. The Labute approximate surface area is 98.4 Å². The highest BCUT2D eigenvalue weighted by Crippen LogP contribution is 2.05. The van der Waals surface area contributed by atoms with Gasteiger partial charge in [0.1, 0.15) is 0 Å². The van der Waals surface area contributed by atoms with E-state index in [1.165, 1.54) is 58.2 Å². The lowest BCUT2D eigenvalue weighted by Gasteiger charge is -2.18. The van der Waals surface area contributed by atoms with Crippen LogP contribution in [-0.4, -0.2) is 29.9 Å². The summed E-state index contributed by atoms with van der Waals surface area (Å²) in [5, 5.41) is 1.11. The van der Waals surface area contributed by atoms with Crippen LogP contribution in [0.3, 0.4) is 0 Å². The highest BCUT2D eigenvalue weighted by molar-refractivity contribution is 9.09. The molecule has 0 saturated heterocycles. The van der Waals surface area contributed by atoms with Gasteiger partial charge >= 0.3 is 0 Å². The van der Waals surface area contributed by atoms with Gasteiger partial charge in [-0.3, -0.25) is 0 Å². The van der Waals surface area contributed by atoms with Crippen LogP contribution < -0.4 is 0 Å². The maximum atomic E-state index is 3.49. The van der Waals surface area contributed by atoms with Crippen molar-refractivity contribution in [1.29, 1.82) is 0 Å². The molecule has 0 spiro atoms. The first-order chi connectivity index (χ1) is 6.85. The van der Waals surface area contributed by atoms with E-state index in [-0.39, 0.29) is 0 Å². The summed E-state index contributed by atoms with van der Waals surface area (Å²) in [6, 6.07) is 0. The second-order valence-electron chi connectivity index (χ2n) is 3.89. The standard InChI is InChI=1S/C12H26BrN/c1-3-5-6-7-8-9-11-14(4-2)12-10-13/h3-12H2,1-2H3. The predicted molar refractivity (Wildman–Crippen MR) is 69.3 cm³/mol. The number of hydrogen-bond donors (Lipinski definition) is 0. The molecule has 1 nitrogen and oxygen atoms in total. The van der Waals surface area contributed by atoms with Crippen molar-refractivity contribution in [2.75, 3.05) is 25.0 Å². The molecule has 0 atom stereocenters. The lowest BCUT2D eigenvalue weighted by molar-refractivity contribution is 0.298. The van der Waals surface area contributed by atoms with E-state index in [9.17, 15) is 0 Å². The predicted octanol–water partition coefficient (Wildman–Crippen LogP) is 4.06. The fourth-order valence-corrected chi connectivity index (χ4v) is 2.16. The number of halogens is 1. The van der Waals surface area contributed by atoms with Crippen molar-refractivity contribution in [3.8, 4) is 0 Å². The van der Waals surface area contributed by atoms with Crippen LogP contribution in [0.5, 0.6) is 0 Å². The van der Waals surface area contributed by atoms with E-state index in [1.54, 1.807) is 0 Å². The van der Waals surface area contributed by atoms with Gasteiger partial charge in [0.2, 0.25) is 0 Å². The second kappa shape index (κ2) is 11.5. The van der Waals surface area contributed by atoms with E-state index in [4.69, 9.17) is 0 Å². The van der Waals surface area contributed by atoms with Gasteiger partial charge in [-0.25, -0.2) is 0 Å². The zero-order valence-electron chi connectivity index (χ0n) is 9.90. The van der Waals surface area contributed by atoms with Gasteiger partial charge in [-0.15, -0.1) is 0 Å². The Morgan fingerprint density at radius 1 is 0.857 bits per heavy atom. The van der Waals surface area contributed by atoms with Gasteiger partial charge in [0.05, 0.1) is 0 Å². The minimum atomic E-state index is 1.11. The Balaban J connectivity index is 3.15. The third kappa shape index (κ3) is 9.01. The summed E-state index contributed by atoms with van der Waals surface area (Å²) in [6.45, 7) is 8.20. The van der Waals surface area contributed by atoms with Crippen molar-refractivity contribution in [3.05, 3.63) is 0 Å². The zero-order chi connectivity index (χ0) is 10.6. The fraction of sp³-hybridized carbons (Fsp3) is 1.00. The number of nitrogens with zero attached hydrogens (tertiary/aromatic N) is 1. The highest BCUT2D eigenvalue weighted by Gasteiger charge is 1.99. The zero-order valence-corrected chi connectivity index (χ0v) is 11.5. The molecule has 0 radical (unpaired) electrons. The Hall–Kier alpha value is 0.440. The average Bonchev–Trinajstić information content (AvgIpc) is 2.21. The SMILES string of the molecule is CCCCCCCCN(CC)CCBr. The van der Waals surface area contributed by atoms with Crippen LogP contribution in [0.25, 0.3) is 0 Å². The van der Waals surface area contributed by atoms with Crippen LogP contribution in [0.15, 0.2) is 0 Å². The van der Waals surface area contributed by atoms with Crippen molar-refractivity contribution in [3.63, 3.8) is 0 Å². The molecule has 0 unspecified atom stereocenters. The van der Waals surface area contributed by atoms with Crippen molar-refractivity contribution >= 4 is 15.9 Å². The smallest absolute Gasteiger partial charge is 0.0159 e. The first kappa shape index (κ1) is 14.4. The van der Waals surface area contributed by atoms with Crippen molar-refractivity contribution in [2.24, 2.45) is 0 Å². The molecule has 0 aromatic heterocycles. The molecular formula is C12H26BrN. The minimum Gasteiger partial charge on any atom is -0.303 e. The van der Waals surface area contributed by atoms with E-state index >= 15 is 0 Å². The molecular weight excluding hydrogens is 238 g/mol. The van der Waals surface area contributed by atoms with Crippen LogP contribution in [0, 0.1) is 0 Å². The molecule has 0 aromatic rings. The lowest BCUT2D eigenvalue weighted by Crippen LogP contribution is -2.26. The first-order valence-corrected chi connectivity index (χ1v) is 7.25. The topological polar surface area (TPSA) is 3.24 Å². The second-order valence-corrected chi connectivity index (χ2v) is 4.68. The summed E-state index contributed by atoms with van der Waals surface area (Å²) >= 11 is 3.49. The van der Waals surface area contributed by atoms with Crippen LogP contribution in [0.4, 0.5) is 0 Å². The van der Waals surface area contributed by atoms with Crippen LogP contribution in [0.1, 0.15) is 52.4 Å². The summed E-state index contributed by atoms with van der Waals surface area (Å²) in [5.41, 5.74) is 0. The lowest BCUT2D eigenvalue weighted by atomic mass is 10.1. The molecule has 0 aliphatic carbocycles. The largest absolute Gasteiger partial charge is 0.303 e. The third-order valence-electron chi connectivity index (χ3n) is 2.68. The average molecular weight is 264 g/mol. The van der Waals surface area contributed by atoms with Crippen molar-refractivity contribution in [2.45, 2.75) is 52.4 Å². The van der Waals surface area contributed by atoms with Crippen LogP contribution in [-0.2, 0) is 0 Å². The third-order valence-corrected chi connectivity index (χ3v) is 3.03. The number of unbranched alkanes of at least 4 members (excludes halogenated alkanes) is 5. The number of hydrogen-bond acceptors (Lipinski definition) is 1. The molecule has 86 valence electrons. The van der Waals surface area contributed by atoms with Gasteiger partial charge in [0.25, 0.3) is 0 Å². The molecule has 0 aromatic carbocycles. The van der Waals surface area contributed by atoms with E-state index < -0.39 is 0 Å². The summed E-state index contributed by atoms with van der Waals surface area (Å²) in [7, 11) is 0. The summed E-state index contributed by atoms with van der Waals surface area (Å²) in [6.07, 6.45) is 8.42. The van der Waals surface area contributed by atoms with E-state index in [0.29, 0.717) is 0 Å². The summed E-state index contributed by atoms with van der Waals surface area (Å²) in [5.74, 6) is 0. The Morgan fingerprint density at radius 3 is 2.07 bits per heavy atom. The van der Waals surface area contributed by atoms with E-state index in [2.05, 4.69) is 34.7 Å². The molecule has 0 N–H and O–H groups in total. The van der Waals surface area contributed by atoms with Gasteiger partial charge < -0.3 is 4.90 Å². The quantitative estimate of drug-likeness (QED) is 0.425. The molecule has 0 aliphatic heterocycles. The van der Waals surface area contributed by atoms with E-state index in [1.807, 2.05) is 0 Å². The molecule has 0 rings (SSSR count). The van der Waals surface area contributed by atoms with Crippen LogP contribution in [0.2, 0.25) is 0 Å². The van der Waals surface area contributed by atoms with Gasteiger partial charge in [-0.05, 0) is 19.5 Å². The minimum absolute atomic E-state index is 1.11. The first-order valence-electron chi connectivity index (χ1n) is 6.13. The normalized spacial score (nSPS) is 11.1. The highest BCUT2D eigenvalue weighted by atomic mass is 79.9.